The first kappa shape index (κ1) is 19.3. The molecule has 0 spiro atoms. The second kappa shape index (κ2) is 6.61. The first-order chi connectivity index (χ1) is 12.1. The molecule has 9 heteroatoms. The Bertz CT molecular complexity index is 832. The van der Waals surface area contributed by atoms with Crippen LogP contribution in [-0.2, 0) is 9.22 Å². The maximum atomic E-state index is 12.3. The molecule has 7 nitrogen and oxygen atoms in total. The fraction of sp³-hybridized carbons (Fsp3) is 0.647. The first-order valence-corrected chi connectivity index (χ1v) is 12.9. The maximum absolute atomic E-state index is 12.3. The van der Waals surface area contributed by atoms with Gasteiger partial charge in [-0.2, -0.15) is 0 Å². The predicted octanol–water partition coefficient (Wildman–Crippen LogP) is 3.20. The van der Waals surface area contributed by atoms with Gasteiger partial charge in [0.05, 0.1) is 12.4 Å². The molecule has 0 saturated carbocycles. The van der Waals surface area contributed by atoms with Gasteiger partial charge in [0.2, 0.25) is 5.91 Å². The summed E-state index contributed by atoms with van der Waals surface area (Å²) in [6.45, 7) is 13.0. The molecule has 3 rings (SSSR count). The minimum Gasteiger partial charge on any atom is -0.413 e. The molecule has 26 heavy (non-hydrogen) atoms. The summed E-state index contributed by atoms with van der Waals surface area (Å²) in [7, 11) is -1.96. The highest BCUT2D eigenvalue weighted by Gasteiger charge is 2.48. The van der Waals surface area contributed by atoms with Crippen LogP contribution in [0.3, 0.4) is 0 Å². The van der Waals surface area contributed by atoms with Crippen molar-refractivity contribution in [3.05, 3.63) is 12.7 Å². The lowest BCUT2D eigenvalue weighted by molar-refractivity contribution is -0.143. The minimum absolute atomic E-state index is 0.0159. The van der Waals surface area contributed by atoms with Crippen LogP contribution >= 0.6 is 11.8 Å². The van der Waals surface area contributed by atoms with Gasteiger partial charge in [0, 0.05) is 0 Å². The standard InChI is InChI=1S/C17H27N5O2SSi/c1-10(24-26(6,7)17(2,3)4)11-13(21-15(11)23)22-9-20-12-14(22)18-8-19-16(12)25-5/h8-11,13H,1-7H3,(H,21,23)/t10-,11-,13-/m1/s1. The van der Waals surface area contributed by atoms with E-state index in [1.165, 1.54) is 18.1 Å². The van der Waals surface area contributed by atoms with E-state index in [4.69, 9.17) is 4.43 Å². The Balaban J connectivity index is 1.87. The fourth-order valence-electron chi connectivity index (χ4n) is 2.99. The number of aromatic nitrogens is 4. The normalized spacial score (nSPS) is 22.2. The van der Waals surface area contributed by atoms with Crippen LogP contribution in [-0.4, -0.2) is 46.1 Å². The van der Waals surface area contributed by atoms with Crippen molar-refractivity contribution in [3.63, 3.8) is 0 Å². The summed E-state index contributed by atoms with van der Waals surface area (Å²) in [5, 5.41) is 3.91. The zero-order valence-electron chi connectivity index (χ0n) is 16.4. The van der Waals surface area contributed by atoms with E-state index < -0.39 is 8.32 Å². The third-order valence-corrected chi connectivity index (χ3v) is 10.8. The van der Waals surface area contributed by atoms with Crippen LogP contribution in [0.2, 0.25) is 18.1 Å². The third kappa shape index (κ3) is 3.16. The van der Waals surface area contributed by atoms with Crippen LogP contribution in [0.4, 0.5) is 0 Å². The van der Waals surface area contributed by atoms with Crippen LogP contribution in [0.25, 0.3) is 11.2 Å². The molecule has 0 aromatic carbocycles. The number of nitrogens with zero attached hydrogens (tertiary/aromatic N) is 4. The molecule has 1 saturated heterocycles. The third-order valence-electron chi connectivity index (χ3n) is 5.54. The molecule has 3 atom stereocenters. The lowest BCUT2D eigenvalue weighted by Crippen LogP contribution is -2.60. The van der Waals surface area contributed by atoms with Gasteiger partial charge in [-0.25, -0.2) is 15.0 Å². The number of fused-ring (bicyclic) bond motifs is 1. The van der Waals surface area contributed by atoms with Crippen molar-refractivity contribution in [1.82, 2.24) is 24.8 Å². The largest absolute Gasteiger partial charge is 0.413 e. The average molecular weight is 394 g/mol. The zero-order valence-corrected chi connectivity index (χ0v) is 18.2. The average Bonchev–Trinajstić information content (AvgIpc) is 2.94. The van der Waals surface area contributed by atoms with Crippen molar-refractivity contribution >= 4 is 37.2 Å². The zero-order chi connectivity index (χ0) is 19.3. The van der Waals surface area contributed by atoms with Gasteiger partial charge in [-0.3, -0.25) is 9.36 Å². The molecule has 2 aromatic heterocycles. The Hall–Kier alpha value is -1.45. The lowest BCUT2D eigenvalue weighted by Gasteiger charge is -2.45. The molecule has 142 valence electrons. The molecule has 1 aliphatic rings. The summed E-state index contributed by atoms with van der Waals surface area (Å²) in [6, 6.07) is 0. The quantitative estimate of drug-likeness (QED) is 0.364. The van der Waals surface area contributed by atoms with Crippen LogP contribution in [0.1, 0.15) is 33.9 Å². The smallest absolute Gasteiger partial charge is 0.231 e. The van der Waals surface area contributed by atoms with E-state index in [1.807, 2.05) is 17.7 Å². The molecule has 1 amide bonds. The molecule has 1 aliphatic heterocycles. The Morgan fingerprint density at radius 3 is 2.58 bits per heavy atom. The topological polar surface area (TPSA) is 81.9 Å². The number of rotatable bonds is 5. The Kier molecular flexibility index (Phi) is 4.91. The minimum atomic E-state index is -1.96. The first-order valence-electron chi connectivity index (χ1n) is 8.76. The van der Waals surface area contributed by atoms with Crippen molar-refractivity contribution in [2.75, 3.05) is 6.26 Å². The summed E-state index contributed by atoms with van der Waals surface area (Å²) < 4.78 is 8.39. The maximum Gasteiger partial charge on any atom is 0.231 e. The lowest BCUT2D eigenvalue weighted by atomic mass is 9.91. The molecule has 0 unspecified atom stereocenters. The van der Waals surface area contributed by atoms with Crippen LogP contribution in [0.15, 0.2) is 17.7 Å². The molecule has 0 aliphatic carbocycles. The molecular weight excluding hydrogens is 366 g/mol. The highest BCUT2D eigenvalue weighted by atomic mass is 32.2. The van der Waals surface area contributed by atoms with Gasteiger partial charge in [-0.15, -0.1) is 11.8 Å². The molecule has 1 N–H and O–H groups in total. The van der Waals surface area contributed by atoms with Crippen molar-refractivity contribution in [2.45, 2.75) is 63.1 Å². The number of hydrogen-bond donors (Lipinski definition) is 1. The number of amides is 1. The highest BCUT2D eigenvalue weighted by molar-refractivity contribution is 7.98. The van der Waals surface area contributed by atoms with E-state index >= 15 is 0 Å². The number of hydrogen-bond acceptors (Lipinski definition) is 6. The predicted molar refractivity (Wildman–Crippen MR) is 106 cm³/mol. The van der Waals surface area contributed by atoms with E-state index in [-0.39, 0.29) is 29.1 Å². The van der Waals surface area contributed by atoms with Crippen LogP contribution in [0, 0.1) is 5.92 Å². The molecule has 3 heterocycles. The molecule has 1 fully saturated rings. The Morgan fingerprint density at radius 1 is 1.31 bits per heavy atom. The number of imidazole rings is 1. The highest BCUT2D eigenvalue weighted by Crippen LogP contribution is 2.40. The van der Waals surface area contributed by atoms with E-state index in [0.717, 1.165) is 16.2 Å². The number of nitrogens with one attached hydrogen (secondary N) is 1. The van der Waals surface area contributed by atoms with Gasteiger partial charge in [0.25, 0.3) is 0 Å². The van der Waals surface area contributed by atoms with Crippen molar-refractivity contribution < 1.29 is 9.22 Å². The van der Waals surface area contributed by atoms with Crippen LogP contribution in [0.5, 0.6) is 0 Å². The second-order valence-corrected chi connectivity index (χ2v) is 13.8. The monoisotopic (exact) mass is 393 g/mol. The SMILES string of the molecule is CSc1ncnc2c1ncn2[C@H]1NC(=O)[C@@H]1[C@@H](C)O[Si](C)(C)C(C)(C)C. The van der Waals surface area contributed by atoms with Gasteiger partial charge in [0.1, 0.15) is 29.0 Å². The molecule has 0 radical (unpaired) electrons. The Labute approximate surface area is 159 Å². The van der Waals surface area contributed by atoms with Gasteiger partial charge in [0.15, 0.2) is 14.0 Å². The van der Waals surface area contributed by atoms with Gasteiger partial charge < -0.3 is 9.74 Å². The van der Waals surface area contributed by atoms with Crippen molar-refractivity contribution in [2.24, 2.45) is 5.92 Å². The van der Waals surface area contributed by atoms with Crippen LogP contribution < -0.4 is 5.32 Å². The summed E-state index contributed by atoms with van der Waals surface area (Å²) in [5.74, 6) is -0.239. The van der Waals surface area contributed by atoms with Gasteiger partial charge >= 0.3 is 0 Å². The molecular formula is C17H27N5O2SSi. The van der Waals surface area contributed by atoms with E-state index in [1.54, 1.807) is 6.33 Å². The summed E-state index contributed by atoms with van der Waals surface area (Å²) in [5.41, 5.74) is 1.50. The van der Waals surface area contributed by atoms with Crippen molar-refractivity contribution in [3.8, 4) is 0 Å². The summed E-state index contributed by atoms with van der Waals surface area (Å²) >= 11 is 1.53. The summed E-state index contributed by atoms with van der Waals surface area (Å²) in [6.07, 6.45) is 4.86. The van der Waals surface area contributed by atoms with E-state index in [0.29, 0.717) is 0 Å². The number of carbonyl (C=O) groups excluding carboxylic acids is 1. The fourth-order valence-corrected chi connectivity index (χ4v) is 4.91. The van der Waals surface area contributed by atoms with E-state index in [9.17, 15) is 4.79 Å². The van der Waals surface area contributed by atoms with Gasteiger partial charge in [-0.1, -0.05) is 20.8 Å². The summed E-state index contributed by atoms with van der Waals surface area (Å²) in [4.78, 5) is 25.4. The van der Waals surface area contributed by atoms with E-state index in [2.05, 4.69) is 54.1 Å². The number of β-lactam (4-membered cyclic amide) rings is 1. The number of thioether (sulfide) groups is 1. The Morgan fingerprint density at radius 2 is 2.00 bits per heavy atom. The molecule has 0 bridgehead atoms. The number of carbonyl (C=O) groups is 1. The van der Waals surface area contributed by atoms with Crippen molar-refractivity contribution in [1.29, 1.82) is 0 Å². The second-order valence-electron chi connectivity index (χ2n) is 8.27. The molecule has 2 aromatic rings. The van der Waals surface area contributed by atoms with Gasteiger partial charge in [-0.05, 0) is 31.3 Å².